The summed E-state index contributed by atoms with van der Waals surface area (Å²) >= 11 is 0. The average molecular weight is 233 g/mol. The molecule has 5 heteroatoms. The molecule has 0 N–H and O–H groups in total. The largest absolute Gasteiger partial charge is 0.338 e. The van der Waals surface area contributed by atoms with Crippen LogP contribution in [-0.2, 0) is 13.5 Å². The van der Waals surface area contributed by atoms with Gasteiger partial charge >= 0.3 is 0 Å². The second kappa shape index (κ2) is 4.86. The third-order valence-corrected chi connectivity index (χ3v) is 2.52. The highest BCUT2D eigenvalue weighted by Crippen LogP contribution is 2.08. The molecule has 2 rings (SSSR count). The maximum Gasteiger partial charge on any atom is 0.184 e. The van der Waals surface area contributed by atoms with Crippen LogP contribution in [0.1, 0.15) is 22.7 Å². The van der Waals surface area contributed by atoms with E-state index < -0.39 is 5.82 Å². The van der Waals surface area contributed by atoms with Crippen LogP contribution in [0.5, 0.6) is 0 Å². The molecule has 0 saturated carbocycles. The summed E-state index contributed by atoms with van der Waals surface area (Å²) in [5.74, 6) is -0.0712. The van der Waals surface area contributed by atoms with Gasteiger partial charge in [0.2, 0.25) is 0 Å². The van der Waals surface area contributed by atoms with E-state index in [1.165, 1.54) is 18.3 Å². The second-order valence-corrected chi connectivity index (χ2v) is 3.71. The molecule has 17 heavy (non-hydrogen) atoms. The molecular weight excluding hydrogens is 221 g/mol. The molecule has 2 aromatic heterocycles. The van der Waals surface area contributed by atoms with Gasteiger partial charge in [-0.25, -0.2) is 9.37 Å². The summed E-state index contributed by atoms with van der Waals surface area (Å²) in [6.45, 7) is 0. The lowest BCUT2D eigenvalue weighted by atomic mass is 10.1. The lowest BCUT2D eigenvalue weighted by molar-refractivity contribution is 0.0973. The zero-order chi connectivity index (χ0) is 12.3. The molecule has 0 saturated heterocycles. The molecule has 0 radical (unpaired) electrons. The Hall–Kier alpha value is -2.04. The predicted molar refractivity (Wildman–Crippen MR) is 60.1 cm³/mol. The van der Waals surface area contributed by atoms with E-state index in [4.69, 9.17) is 0 Å². The van der Waals surface area contributed by atoms with Crippen LogP contribution in [0.15, 0.2) is 30.7 Å². The SMILES string of the molecule is Cn1ccnc1CCC(=O)c1ncccc1F. The lowest BCUT2D eigenvalue weighted by Crippen LogP contribution is -2.08. The summed E-state index contributed by atoms with van der Waals surface area (Å²) in [6.07, 6.45) is 5.58. The summed E-state index contributed by atoms with van der Waals surface area (Å²) in [6, 6.07) is 2.70. The molecule has 4 nitrogen and oxygen atoms in total. The molecule has 0 unspecified atom stereocenters. The molecule has 0 spiro atoms. The number of hydrogen-bond donors (Lipinski definition) is 0. The van der Waals surface area contributed by atoms with Crippen molar-refractivity contribution in [3.63, 3.8) is 0 Å². The quantitative estimate of drug-likeness (QED) is 0.756. The zero-order valence-corrected chi connectivity index (χ0v) is 9.43. The summed E-state index contributed by atoms with van der Waals surface area (Å²) in [5, 5.41) is 0. The fraction of sp³-hybridized carbons (Fsp3) is 0.250. The van der Waals surface area contributed by atoms with E-state index >= 15 is 0 Å². The van der Waals surface area contributed by atoms with Gasteiger partial charge in [0.15, 0.2) is 11.6 Å². The second-order valence-electron chi connectivity index (χ2n) is 3.71. The van der Waals surface area contributed by atoms with Crippen molar-refractivity contribution in [2.45, 2.75) is 12.8 Å². The first-order valence-electron chi connectivity index (χ1n) is 5.28. The number of rotatable bonds is 4. The third kappa shape index (κ3) is 2.55. The van der Waals surface area contributed by atoms with Crippen LogP contribution < -0.4 is 0 Å². The molecule has 0 aliphatic carbocycles. The maximum atomic E-state index is 13.3. The van der Waals surface area contributed by atoms with Crippen LogP contribution in [-0.4, -0.2) is 20.3 Å². The summed E-state index contributed by atoms with van der Waals surface area (Å²) in [5.41, 5.74) is -0.0956. The fourth-order valence-electron chi connectivity index (χ4n) is 1.57. The Morgan fingerprint density at radius 2 is 2.24 bits per heavy atom. The minimum Gasteiger partial charge on any atom is -0.338 e. The highest BCUT2D eigenvalue weighted by Gasteiger charge is 2.13. The Morgan fingerprint density at radius 3 is 2.88 bits per heavy atom. The number of imidazole rings is 1. The number of nitrogens with zero attached hydrogens (tertiary/aromatic N) is 3. The van der Waals surface area contributed by atoms with Crippen LogP contribution >= 0.6 is 0 Å². The Kier molecular flexibility index (Phi) is 3.27. The van der Waals surface area contributed by atoms with Crippen LogP contribution in [0.2, 0.25) is 0 Å². The first-order chi connectivity index (χ1) is 8.18. The number of pyridine rings is 1. The highest BCUT2D eigenvalue weighted by atomic mass is 19.1. The molecule has 0 aliphatic rings. The van der Waals surface area contributed by atoms with E-state index in [0.717, 1.165) is 5.82 Å². The number of carbonyl (C=O) groups excluding carboxylic acids is 1. The molecule has 2 aromatic rings. The number of aryl methyl sites for hydroxylation is 2. The number of carbonyl (C=O) groups is 1. The normalized spacial score (nSPS) is 10.5. The van der Waals surface area contributed by atoms with Crippen LogP contribution in [0.3, 0.4) is 0 Å². The summed E-state index contributed by atoms with van der Waals surface area (Å²) in [7, 11) is 1.86. The predicted octanol–water partition coefficient (Wildman–Crippen LogP) is 1.77. The average Bonchev–Trinajstić information content (AvgIpc) is 2.72. The number of halogens is 1. The molecule has 0 aliphatic heterocycles. The summed E-state index contributed by atoms with van der Waals surface area (Å²) in [4.78, 5) is 19.6. The Balaban J connectivity index is 2.04. The van der Waals surface area contributed by atoms with Gasteiger partial charge in [-0.3, -0.25) is 9.78 Å². The van der Waals surface area contributed by atoms with Crippen molar-refractivity contribution in [1.29, 1.82) is 0 Å². The van der Waals surface area contributed by atoms with Gasteiger partial charge in [-0.2, -0.15) is 0 Å². The van der Waals surface area contributed by atoms with Gasteiger partial charge in [0.25, 0.3) is 0 Å². The van der Waals surface area contributed by atoms with E-state index in [1.54, 1.807) is 12.4 Å². The lowest BCUT2D eigenvalue weighted by Gasteiger charge is -2.02. The molecule has 0 fully saturated rings. The Labute approximate surface area is 98.1 Å². The van der Waals surface area contributed by atoms with E-state index in [2.05, 4.69) is 9.97 Å². The van der Waals surface area contributed by atoms with Gasteiger partial charge < -0.3 is 4.57 Å². The Morgan fingerprint density at radius 1 is 1.41 bits per heavy atom. The smallest absolute Gasteiger partial charge is 0.184 e. The standard InChI is InChI=1S/C12H12FN3O/c1-16-8-7-14-11(16)5-4-10(17)12-9(13)3-2-6-15-12/h2-3,6-8H,4-5H2,1H3. The fourth-order valence-corrected chi connectivity index (χ4v) is 1.57. The monoisotopic (exact) mass is 233 g/mol. The molecule has 0 atom stereocenters. The van der Waals surface area contributed by atoms with Gasteiger partial charge in [0.05, 0.1) is 0 Å². The van der Waals surface area contributed by atoms with Crippen LogP contribution in [0.4, 0.5) is 4.39 Å². The molecular formula is C12H12FN3O. The minimum atomic E-state index is -0.572. The number of aromatic nitrogens is 3. The van der Waals surface area contributed by atoms with E-state index in [9.17, 15) is 9.18 Å². The van der Waals surface area contributed by atoms with Gasteiger partial charge in [-0.05, 0) is 12.1 Å². The zero-order valence-electron chi connectivity index (χ0n) is 9.43. The van der Waals surface area contributed by atoms with E-state index in [-0.39, 0.29) is 17.9 Å². The first kappa shape index (κ1) is 11.4. The number of ketones is 1. The summed E-state index contributed by atoms with van der Waals surface area (Å²) < 4.78 is 15.1. The van der Waals surface area contributed by atoms with E-state index in [0.29, 0.717) is 6.42 Å². The van der Waals surface area contributed by atoms with Crippen molar-refractivity contribution >= 4 is 5.78 Å². The van der Waals surface area contributed by atoms with Crippen LogP contribution in [0.25, 0.3) is 0 Å². The third-order valence-electron chi connectivity index (χ3n) is 2.52. The molecule has 0 aromatic carbocycles. The van der Waals surface area contributed by atoms with Gasteiger partial charge in [0.1, 0.15) is 11.5 Å². The van der Waals surface area contributed by atoms with Crippen molar-refractivity contribution in [2.24, 2.45) is 7.05 Å². The topological polar surface area (TPSA) is 47.8 Å². The van der Waals surface area contributed by atoms with Crippen molar-refractivity contribution in [2.75, 3.05) is 0 Å². The first-order valence-corrected chi connectivity index (χ1v) is 5.28. The molecule has 88 valence electrons. The van der Waals surface area contributed by atoms with Crippen molar-refractivity contribution in [3.8, 4) is 0 Å². The van der Waals surface area contributed by atoms with Crippen molar-refractivity contribution in [1.82, 2.24) is 14.5 Å². The number of hydrogen-bond acceptors (Lipinski definition) is 3. The number of Topliss-reactive ketones (excluding diaryl/α,β-unsaturated/α-hetero) is 1. The molecule has 0 bridgehead atoms. The van der Waals surface area contributed by atoms with Crippen LogP contribution in [0, 0.1) is 5.82 Å². The van der Waals surface area contributed by atoms with Crippen molar-refractivity contribution < 1.29 is 9.18 Å². The Bertz CT molecular complexity index is 536. The maximum absolute atomic E-state index is 13.3. The van der Waals surface area contributed by atoms with Gasteiger partial charge in [-0.15, -0.1) is 0 Å². The van der Waals surface area contributed by atoms with Crippen molar-refractivity contribution in [3.05, 3.63) is 48.1 Å². The molecule has 2 heterocycles. The minimum absolute atomic E-state index is 0.0956. The molecule has 0 amide bonds. The van der Waals surface area contributed by atoms with E-state index in [1.807, 2.05) is 11.6 Å². The van der Waals surface area contributed by atoms with Gasteiger partial charge in [0, 0.05) is 38.5 Å². The van der Waals surface area contributed by atoms with Gasteiger partial charge in [-0.1, -0.05) is 0 Å². The highest BCUT2D eigenvalue weighted by molar-refractivity contribution is 5.94.